The molecule has 0 amide bonds. The third kappa shape index (κ3) is 3.71. The van der Waals surface area contributed by atoms with Gasteiger partial charge in [0, 0.05) is 10.6 Å². The fraction of sp³-hybridized carbons (Fsp3) is 0.222. The predicted octanol–water partition coefficient (Wildman–Crippen LogP) is 5.15. The average Bonchev–Trinajstić information content (AvgIpc) is 2.97. The zero-order valence-electron chi connectivity index (χ0n) is 13.2. The first-order valence-electron chi connectivity index (χ1n) is 7.35. The van der Waals surface area contributed by atoms with Crippen molar-refractivity contribution in [2.45, 2.75) is 26.9 Å². The van der Waals surface area contributed by atoms with Gasteiger partial charge in [0.15, 0.2) is 6.10 Å². The van der Waals surface area contributed by atoms with E-state index in [4.69, 9.17) is 20.8 Å². The standard InChI is InChI=1S/C18H17ClN2O2/c1-11-8-12(2)10-16(9-11)22-13(3)17-20-21-18(23-17)14-4-6-15(19)7-5-14/h4-10,13H,1-3H3. The van der Waals surface area contributed by atoms with Gasteiger partial charge in [0.25, 0.3) is 5.89 Å². The summed E-state index contributed by atoms with van der Waals surface area (Å²) in [6.07, 6.45) is -0.329. The largest absolute Gasteiger partial charge is 0.481 e. The molecule has 0 saturated heterocycles. The smallest absolute Gasteiger partial charge is 0.257 e. The molecule has 118 valence electrons. The van der Waals surface area contributed by atoms with Crippen molar-refractivity contribution in [1.29, 1.82) is 0 Å². The van der Waals surface area contributed by atoms with Crippen LogP contribution >= 0.6 is 11.6 Å². The van der Waals surface area contributed by atoms with Gasteiger partial charge >= 0.3 is 0 Å². The first kappa shape index (κ1) is 15.6. The SMILES string of the molecule is Cc1cc(C)cc(OC(C)c2nnc(-c3ccc(Cl)cc3)o2)c1. The lowest BCUT2D eigenvalue weighted by molar-refractivity contribution is 0.189. The van der Waals surface area contributed by atoms with Crippen LogP contribution < -0.4 is 4.74 Å². The highest BCUT2D eigenvalue weighted by molar-refractivity contribution is 6.30. The molecule has 1 atom stereocenters. The van der Waals surface area contributed by atoms with Crippen LogP contribution in [-0.2, 0) is 0 Å². The van der Waals surface area contributed by atoms with E-state index in [1.807, 2.05) is 45.0 Å². The molecule has 3 rings (SSSR count). The van der Waals surface area contributed by atoms with Gasteiger partial charge in [-0.05, 0) is 68.3 Å². The number of hydrogen-bond acceptors (Lipinski definition) is 4. The normalized spacial score (nSPS) is 12.2. The van der Waals surface area contributed by atoms with Crippen LogP contribution in [-0.4, -0.2) is 10.2 Å². The van der Waals surface area contributed by atoms with Crippen LogP contribution in [0.3, 0.4) is 0 Å². The van der Waals surface area contributed by atoms with Gasteiger partial charge in [-0.3, -0.25) is 0 Å². The van der Waals surface area contributed by atoms with Crippen molar-refractivity contribution in [1.82, 2.24) is 10.2 Å². The molecule has 2 aromatic carbocycles. The minimum absolute atomic E-state index is 0.329. The van der Waals surface area contributed by atoms with Crippen LogP contribution in [0.2, 0.25) is 5.02 Å². The number of halogens is 1. The Hall–Kier alpha value is -2.33. The van der Waals surface area contributed by atoms with E-state index in [2.05, 4.69) is 16.3 Å². The number of rotatable bonds is 4. The molecule has 0 N–H and O–H groups in total. The minimum Gasteiger partial charge on any atom is -0.481 e. The molecule has 3 aromatic rings. The summed E-state index contributed by atoms with van der Waals surface area (Å²) in [5.41, 5.74) is 3.13. The molecule has 23 heavy (non-hydrogen) atoms. The second-order valence-electron chi connectivity index (χ2n) is 5.54. The van der Waals surface area contributed by atoms with E-state index in [9.17, 15) is 0 Å². The number of nitrogens with zero attached hydrogens (tertiary/aromatic N) is 2. The van der Waals surface area contributed by atoms with E-state index in [0.717, 1.165) is 22.4 Å². The molecular formula is C18H17ClN2O2. The van der Waals surface area contributed by atoms with Crippen molar-refractivity contribution in [2.24, 2.45) is 0 Å². The van der Waals surface area contributed by atoms with Crippen LogP contribution in [0.5, 0.6) is 5.75 Å². The molecule has 0 spiro atoms. The Bertz CT molecular complexity index is 792. The first-order valence-corrected chi connectivity index (χ1v) is 7.73. The van der Waals surface area contributed by atoms with Gasteiger partial charge < -0.3 is 9.15 Å². The number of aromatic nitrogens is 2. The van der Waals surface area contributed by atoms with Crippen LogP contribution in [0.1, 0.15) is 30.0 Å². The summed E-state index contributed by atoms with van der Waals surface area (Å²) in [7, 11) is 0. The topological polar surface area (TPSA) is 48.2 Å². The Labute approximate surface area is 140 Å². The Morgan fingerprint density at radius 3 is 2.30 bits per heavy atom. The quantitative estimate of drug-likeness (QED) is 0.664. The van der Waals surface area contributed by atoms with Crippen molar-refractivity contribution in [3.05, 3.63) is 64.5 Å². The minimum atomic E-state index is -0.329. The maximum Gasteiger partial charge on any atom is 0.257 e. The fourth-order valence-electron chi connectivity index (χ4n) is 2.36. The summed E-state index contributed by atoms with van der Waals surface area (Å²) in [4.78, 5) is 0. The van der Waals surface area contributed by atoms with Gasteiger partial charge in [0.1, 0.15) is 5.75 Å². The lowest BCUT2D eigenvalue weighted by atomic mass is 10.1. The van der Waals surface area contributed by atoms with Crippen LogP contribution in [0, 0.1) is 13.8 Å². The summed E-state index contributed by atoms with van der Waals surface area (Å²) in [6.45, 7) is 5.96. The van der Waals surface area contributed by atoms with Crippen LogP contribution in [0.25, 0.3) is 11.5 Å². The number of aryl methyl sites for hydroxylation is 2. The van der Waals surface area contributed by atoms with E-state index in [-0.39, 0.29) is 6.10 Å². The first-order chi connectivity index (χ1) is 11.0. The Kier molecular flexibility index (Phi) is 4.35. The predicted molar refractivity (Wildman–Crippen MR) is 89.7 cm³/mol. The monoisotopic (exact) mass is 328 g/mol. The summed E-state index contributed by atoms with van der Waals surface area (Å²) in [6, 6.07) is 13.3. The molecule has 0 bridgehead atoms. The van der Waals surface area contributed by atoms with Crippen molar-refractivity contribution in [3.63, 3.8) is 0 Å². The molecule has 0 radical (unpaired) electrons. The summed E-state index contributed by atoms with van der Waals surface area (Å²) < 4.78 is 11.6. The Morgan fingerprint density at radius 1 is 1.00 bits per heavy atom. The van der Waals surface area contributed by atoms with Crippen molar-refractivity contribution in [3.8, 4) is 17.2 Å². The highest BCUT2D eigenvalue weighted by atomic mass is 35.5. The fourth-order valence-corrected chi connectivity index (χ4v) is 2.49. The zero-order valence-corrected chi connectivity index (χ0v) is 14.0. The van der Waals surface area contributed by atoms with Crippen LogP contribution in [0.15, 0.2) is 46.9 Å². The maximum absolute atomic E-state index is 5.91. The van der Waals surface area contributed by atoms with Crippen molar-refractivity contribution >= 4 is 11.6 Å². The lowest BCUT2D eigenvalue weighted by Gasteiger charge is -2.12. The molecular weight excluding hydrogens is 312 g/mol. The van der Waals surface area contributed by atoms with Crippen molar-refractivity contribution in [2.75, 3.05) is 0 Å². The second kappa shape index (κ2) is 6.42. The maximum atomic E-state index is 5.91. The van der Waals surface area contributed by atoms with E-state index in [1.165, 1.54) is 0 Å². The third-order valence-corrected chi connectivity index (χ3v) is 3.64. The molecule has 0 aliphatic rings. The van der Waals surface area contributed by atoms with E-state index < -0.39 is 0 Å². The summed E-state index contributed by atoms with van der Waals surface area (Å²) in [5, 5.41) is 8.82. The Morgan fingerprint density at radius 2 is 1.65 bits per heavy atom. The van der Waals surface area contributed by atoms with E-state index in [0.29, 0.717) is 16.8 Å². The third-order valence-electron chi connectivity index (χ3n) is 3.39. The molecule has 0 saturated carbocycles. The second-order valence-corrected chi connectivity index (χ2v) is 5.97. The number of benzene rings is 2. The molecule has 0 aliphatic carbocycles. The summed E-state index contributed by atoms with van der Waals surface area (Å²) in [5.74, 6) is 1.68. The number of hydrogen-bond donors (Lipinski definition) is 0. The molecule has 0 aliphatic heterocycles. The molecule has 1 aromatic heterocycles. The van der Waals surface area contributed by atoms with Gasteiger partial charge in [-0.25, -0.2) is 0 Å². The molecule has 1 heterocycles. The van der Waals surface area contributed by atoms with Gasteiger partial charge in [0.2, 0.25) is 5.89 Å². The summed E-state index contributed by atoms with van der Waals surface area (Å²) >= 11 is 5.88. The molecule has 4 nitrogen and oxygen atoms in total. The molecule has 1 unspecified atom stereocenters. The van der Waals surface area contributed by atoms with Gasteiger partial charge in [-0.2, -0.15) is 0 Å². The highest BCUT2D eigenvalue weighted by Gasteiger charge is 2.17. The van der Waals surface area contributed by atoms with Gasteiger partial charge in [0.05, 0.1) is 0 Å². The zero-order chi connectivity index (χ0) is 16.4. The van der Waals surface area contributed by atoms with E-state index >= 15 is 0 Å². The van der Waals surface area contributed by atoms with Gasteiger partial charge in [-0.15, -0.1) is 10.2 Å². The molecule has 0 fully saturated rings. The number of ether oxygens (including phenoxy) is 1. The highest BCUT2D eigenvalue weighted by Crippen LogP contribution is 2.26. The van der Waals surface area contributed by atoms with Crippen LogP contribution in [0.4, 0.5) is 0 Å². The van der Waals surface area contributed by atoms with Crippen molar-refractivity contribution < 1.29 is 9.15 Å². The Balaban J connectivity index is 1.78. The van der Waals surface area contributed by atoms with Gasteiger partial charge in [-0.1, -0.05) is 17.7 Å². The lowest BCUT2D eigenvalue weighted by Crippen LogP contribution is -2.03. The average molecular weight is 329 g/mol. The van der Waals surface area contributed by atoms with E-state index in [1.54, 1.807) is 12.1 Å². The molecule has 5 heteroatoms.